The summed E-state index contributed by atoms with van der Waals surface area (Å²) in [6, 6.07) is 1.92. The number of rotatable bonds is 9. The smallest absolute Gasteiger partial charge is 0.434 e. The molecular weight excluding hydrogens is 637 g/mol. The van der Waals surface area contributed by atoms with Crippen molar-refractivity contribution in [2.75, 3.05) is 19.8 Å². The van der Waals surface area contributed by atoms with Gasteiger partial charge in [-0.05, 0) is 32.8 Å². The van der Waals surface area contributed by atoms with Crippen LogP contribution in [-0.2, 0) is 39.5 Å². The van der Waals surface area contributed by atoms with Gasteiger partial charge in [-0.2, -0.15) is 0 Å². The first-order chi connectivity index (χ1) is 21.7. The molecule has 0 radical (unpaired) electrons. The van der Waals surface area contributed by atoms with E-state index in [2.05, 4.69) is 15.0 Å². The van der Waals surface area contributed by atoms with E-state index in [1.807, 2.05) is 6.92 Å². The zero-order valence-electron chi connectivity index (χ0n) is 24.9. The number of carbonyl (C=O) groups is 3. The van der Waals surface area contributed by atoms with Crippen LogP contribution in [0.1, 0.15) is 45.1 Å². The fourth-order valence-corrected chi connectivity index (χ4v) is 6.31. The fraction of sp³-hybridized carbons (Fsp3) is 0.500. The molecule has 2 bridgehead atoms. The van der Waals surface area contributed by atoms with E-state index in [1.165, 1.54) is 11.1 Å². The molecular formula is C28H33F2N4O11P. The highest BCUT2D eigenvalue weighted by molar-refractivity contribution is 7.46. The Morgan fingerprint density at radius 1 is 1.26 bits per heavy atom. The topological polar surface area (TPSA) is 197 Å². The number of aliphatic hydroxyl groups is 1. The second-order valence-electron chi connectivity index (χ2n) is 11.4. The molecule has 1 aromatic rings. The van der Waals surface area contributed by atoms with Gasteiger partial charge in [0.05, 0.1) is 30.5 Å². The minimum absolute atomic E-state index is 0.0351. The number of phosphoric ester groups is 1. The van der Waals surface area contributed by atoms with Crippen molar-refractivity contribution in [1.82, 2.24) is 15.1 Å². The van der Waals surface area contributed by atoms with Crippen molar-refractivity contribution in [2.45, 2.75) is 69.9 Å². The number of carbonyl (C=O) groups excluding carboxylic acids is 3. The zero-order valence-corrected chi connectivity index (χ0v) is 25.7. The van der Waals surface area contributed by atoms with Crippen LogP contribution in [0.4, 0.5) is 13.6 Å². The standard InChI is InChI=1S/C28H33F2N4O11P/c1-15-11-28(45-32-15)7-6-16(2)33-14-21(28)34-13-19(25(36)31-12-17-4-5-18(29)10-20(17)30)23(35)24(22(34)26(33)37)44-27(38)42-8-3-9-43-46(39,40)41/h4-5,10,13,16,21,23,35H,3,6-9,11-12,14H2,1-2H3,(H,31,36)(H2,39,40,41)/t16-,21+,23?,28-/m0/s1. The van der Waals surface area contributed by atoms with Crippen LogP contribution in [0.5, 0.6) is 0 Å². The molecule has 1 spiro atoms. The summed E-state index contributed by atoms with van der Waals surface area (Å²) in [6.07, 6.45) is -0.750. The van der Waals surface area contributed by atoms with Gasteiger partial charge < -0.3 is 44.3 Å². The number of nitrogens with zero attached hydrogens (tertiary/aromatic N) is 3. The fourth-order valence-electron chi connectivity index (χ4n) is 5.94. The number of benzene rings is 1. The molecule has 1 unspecified atom stereocenters. The van der Waals surface area contributed by atoms with Gasteiger partial charge in [0.15, 0.2) is 11.4 Å². The number of aliphatic hydroxyl groups excluding tert-OH is 1. The SMILES string of the molecule is CC1=NO[C@@]2(CC[C@H](C)N3C[C@H]2N2C=C(C(=O)NCc4ccc(F)cc4F)C(O)C(OC(=O)OCCCOP(=O)(O)O)=C2C3=O)C1. The third-order valence-electron chi connectivity index (χ3n) is 8.22. The molecule has 0 saturated carbocycles. The minimum Gasteiger partial charge on any atom is -0.434 e. The van der Waals surface area contributed by atoms with Crippen LogP contribution < -0.4 is 5.32 Å². The minimum atomic E-state index is -4.73. The Balaban J connectivity index is 1.46. The number of nitrogens with one attached hydrogen (secondary N) is 1. The van der Waals surface area contributed by atoms with E-state index in [1.54, 1.807) is 11.8 Å². The normalized spacial score (nSPS) is 25.8. The molecule has 250 valence electrons. The van der Waals surface area contributed by atoms with Gasteiger partial charge in [-0.3, -0.25) is 14.1 Å². The summed E-state index contributed by atoms with van der Waals surface area (Å²) < 4.78 is 53.1. The van der Waals surface area contributed by atoms with Crippen LogP contribution in [0.25, 0.3) is 0 Å². The first kappa shape index (κ1) is 33.5. The number of piperazine rings is 1. The first-order valence-electron chi connectivity index (χ1n) is 14.4. The molecule has 2 fully saturated rings. The number of oxime groups is 1. The Morgan fingerprint density at radius 3 is 2.70 bits per heavy atom. The molecule has 4 atom stereocenters. The highest BCUT2D eigenvalue weighted by Crippen LogP contribution is 2.45. The van der Waals surface area contributed by atoms with Gasteiger partial charge in [0.25, 0.3) is 11.8 Å². The lowest BCUT2D eigenvalue weighted by Crippen LogP contribution is -2.63. The first-order valence-corrected chi connectivity index (χ1v) is 15.9. The maximum atomic E-state index is 14.3. The number of hydrogen-bond donors (Lipinski definition) is 4. The summed E-state index contributed by atoms with van der Waals surface area (Å²) in [6.45, 7) is 2.58. The molecule has 4 aliphatic rings. The Bertz CT molecular complexity index is 1560. The van der Waals surface area contributed by atoms with Gasteiger partial charge in [0.2, 0.25) is 0 Å². The molecule has 0 aromatic heterocycles. The average molecular weight is 671 g/mol. The van der Waals surface area contributed by atoms with Crippen molar-refractivity contribution >= 4 is 31.5 Å². The molecule has 4 aliphatic heterocycles. The quantitative estimate of drug-likeness (QED) is 0.170. The molecule has 4 N–H and O–H groups in total. The lowest BCUT2D eigenvalue weighted by Gasteiger charge is -2.48. The van der Waals surface area contributed by atoms with E-state index in [9.17, 15) is 32.8 Å². The number of amides is 2. The third-order valence-corrected chi connectivity index (χ3v) is 8.74. The van der Waals surface area contributed by atoms with Gasteiger partial charge in [-0.1, -0.05) is 11.2 Å². The number of phosphoric acid groups is 1. The molecule has 18 heteroatoms. The Labute approximate surface area is 261 Å². The number of ether oxygens (including phenoxy) is 2. The Morgan fingerprint density at radius 2 is 2.02 bits per heavy atom. The molecule has 46 heavy (non-hydrogen) atoms. The maximum Gasteiger partial charge on any atom is 0.513 e. The number of fused-ring (bicyclic) bond motifs is 5. The van der Waals surface area contributed by atoms with Crippen molar-refractivity contribution in [3.05, 3.63) is 58.6 Å². The molecule has 2 amide bonds. The monoisotopic (exact) mass is 670 g/mol. The van der Waals surface area contributed by atoms with E-state index in [-0.39, 0.29) is 42.4 Å². The second-order valence-corrected chi connectivity index (χ2v) is 12.7. The van der Waals surface area contributed by atoms with Crippen molar-refractivity contribution in [1.29, 1.82) is 0 Å². The highest BCUT2D eigenvalue weighted by atomic mass is 31.2. The summed E-state index contributed by atoms with van der Waals surface area (Å²) in [7, 11) is -4.73. The molecule has 0 aliphatic carbocycles. The molecule has 5 rings (SSSR count). The number of hydrogen-bond acceptors (Lipinski definition) is 11. The van der Waals surface area contributed by atoms with Crippen LogP contribution >= 0.6 is 7.82 Å². The summed E-state index contributed by atoms with van der Waals surface area (Å²) in [5, 5.41) is 18.0. The van der Waals surface area contributed by atoms with Crippen LogP contribution in [0, 0.1) is 11.6 Å². The van der Waals surface area contributed by atoms with Gasteiger partial charge in [0.1, 0.15) is 23.4 Å². The maximum absolute atomic E-state index is 14.3. The van der Waals surface area contributed by atoms with Gasteiger partial charge >= 0.3 is 14.0 Å². The van der Waals surface area contributed by atoms with E-state index in [0.29, 0.717) is 31.0 Å². The van der Waals surface area contributed by atoms with Gasteiger partial charge in [0, 0.05) is 49.8 Å². The van der Waals surface area contributed by atoms with E-state index < -0.39 is 74.1 Å². The summed E-state index contributed by atoms with van der Waals surface area (Å²) in [4.78, 5) is 66.7. The van der Waals surface area contributed by atoms with Crippen molar-refractivity contribution < 1.29 is 61.5 Å². The molecule has 4 heterocycles. The Kier molecular flexibility index (Phi) is 9.52. The predicted molar refractivity (Wildman–Crippen MR) is 152 cm³/mol. The van der Waals surface area contributed by atoms with Crippen LogP contribution in [0.3, 0.4) is 0 Å². The van der Waals surface area contributed by atoms with Crippen molar-refractivity contribution in [2.24, 2.45) is 5.16 Å². The molecule has 1 aromatic carbocycles. The van der Waals surface area contributed by atoms with Crippen LogP contribution in [0.2, 0.25) is 0 Å². The lowest BCUT2D eigenvalue weighted by atomic mass is 9.83. The van der Waals surface area contributed by atoms with E-state index in [4.69, 9.17) is 24.1 Å². The predicted octanol–water partition coefficient (Wildman–Crippen LogP) is 1.93. The van der Waals surface area contributed by atoms with Gasteiger partial charge in [-0.25, -0.2) is 18.1 Å². The molecule has 2 saturated heterocycles. The number of halogens is 2. The Hall–Kier alpha value is -3.89. The van der Waals surface area contributed by atoms with E-state index in [0.717, 1.165) is 12.1 Å². The lowest BCUT2D eigenvalue weighted by molar-refractivity contribution is -0.140. The van der Waals surface area contributed by atoms with E-state index >= 15 is 0 Å². The largest absolute Gasteiger partial charge is 0.513 e. The summed E-state index contributed by atoms with van der Waals surface area (Å²) >= 11 is 0. The summed E-state index contributed by atoms with van der Waals surface area (Å²) in [5.74, 6) is -3.79. The average Bonchev–Trinajstić information content (AvgIpc) is 3.31. The van der Waals surface area contributed by atoms with Crippen molar-refractivity contribution in [3.8, 4) is 0 Å². The zero-order chi connectivity index (χ0) is 33.4. The van der Waals surface area contributed by atoms with Crippen LogP contribution in [0.15, 0.2) is 46.6 Å². The van der Waals surface area contributed by atoms with Gasteiger partial charge in [-0.15, -0.1) is 0 Å². The third kappa shape index (κ3) is 6.93. The highest BCUT2D eigenvalue weighted by Gasteiger charge is 2.57. The summed E-state index contributed by atoms with van der Waals surface area (Å²) in [5.41, 5.74) is -0.832. The van der Waals surface area contributed by atoms with Crippen molar-refractivity contribution in [3.63, 3.8) is 0 Å². The molecule has 15 nitrogen and oxygen atoms in total. The second kappa shape index (κ2) is 13.1. The van der Waals surface area contributed by atoms with Crippen LogP contribution in [-0.4, -0.2) is 91.9 Å².